The SMILES string of the molecule is C[C@H](N)C(=O)O[C@@H]1[C@@H](COP2(=O)OCC[C@@H](c3cccc(Cl)c3)O2)O[C@@H](n2ccc(=O)[nH]c2=O)[C@]1(C)F. The minimum atomic E-state index is -4.16. The molecule has 0 aliphatic carbocycles. The van der Waals surface area contributed by atoms with E-state index in [1.807, 2.05) is 4.98 Å². The molecule has 1 unspecified atom stereocenters. The van der Waals surface area contributed by atoms with Gasteiger partial charge in [0.1, 0.15) is 12.1 Å². The standard InChI is InChI=1S/C22H26ClFN3O9P/c1-12(25)19(29)35-18-16(34-20(22(18,2)24)27-8-6-17(28)26-21(27)30)11-33-37(31)32-9-7-15(36-37)13-4-3-5-14(23)10-13/h3-6,8,10,12,15-16,18,20H,7,9,11,25H2,1-2H3,(H,26,28,30)/t12-,15-,16+,18+,20+,22+,37?/m0/s1. The lowest BCUT2D eigenvalue weighted by molar-refractivity contribution is -0.159. The summed E-state index contributed by atoms with van der Waals surface area (Å²) in [5.74, 6) is -0.935. The molecule has 1 aromatic heterocycles. The fourth-order valence-electron chi connectivity index (χ4n) is 4.05. The lowest BCUT2D eigenvalue weighted by Gasteiger charge is -2.30. The van der Waals surface area contributed by atoms with Crippen molar-refractivity contribution in [3.8, 4) is 0 Å². The summed E-state index contributed by atoms with van der Waals surface area (Å²) < 4.78 is 57.4. The Morgan fingerprint density at radius 1 is 1.41 bits per heavy atom. The molecule has 2 aliphatic heterocycles. The zero-order chi connectivity index (χ0) is 27.0. The van der Waals surface area contributed by atoms with Crippen LogP contribution >= 0.6 is 19.4 Å². The molecule has 4 rings (SSSR count). The van der Waals surface area contributed by atoms with Crippen molar-refractivity contribution in [2.45, 2.75) is 56.5 Å². The summed E-state index contributed by atoms with van der Waals surface area (Å²) in [7, 11) is -4.16. The number of esters is 1. The molecule has 0 amide bonds. The smallest absolute Gasteiger partial charge is 0.455 e. The highest BCUT2D eigenvalue weighted by atomic mass is 35.5. The fraction of sp³-hybridized carbons (Fsp3) is 0.500. The molecule has 37 heavy (non-hydrogen) atoms. The van der Waals surface area contributed by atoms with Crippen LogP contribution in [0.15, 0.2) is 46.1 Å². The second-order valence-corrected chi connectivity index (χ2v) is 10.9. The second kappa shape index (κ2) is 10.8. The minimum absolute atomic E-state index is 0.0410. The van der Waals surface area contributed by atoms with Crippen LogP contribution in [0.25, 0.3) is 0 Å². The lowest BCUT2D eigenvalue weighted by Crippen LogP contribution is -2.47. The molecule has 3 heterocycles. The van der Waals surface area contributed by atoms with Crippen molar-refractivity contribution in [2.24, 2.45) is 5.73 Å². The molecule has 2 aliphatic rings. The van der Waals surface area contributed by atoms with Crippen LogP contribution in [-0.2, 0) is 32.4 Å². The fourth-order valence-corrected chi connectivity index (χ4v) is 5.64. The molecule has 0 bridgehead atoms. The molecule has 2 aromatic rings. The van der Waals surface area contributed by atoms with Gasteiger partial charge in [-0.1, -0.05) is 23.7 Å². The Morgan fingerprint density at radius 3 is 2.84 bits per heavy atom. The van der Waals surface area contributed by atoms with E-state index in [-0.39, 0.29) is 6.61 Å². The number of carbonyl (C=O) groups excluding carboxylic acids is 1. The van der Waals surface area contributed by atoms with Gasteiger partial charge in [0.25, 0.3) is 5.56 Å². The number of phosphoric ester groups is 1. The van der Waals surface area contributed by atoms with Gasteiger partial charge in [-0.3, -0.25) is 32.7 Å². The first-order valence-electron chi connectivity index (χ1n) is 11.3. The molecule has 0 spiro atoms. The number of phosphoric acid groups is 1. The van der Waals surface area contributed by atoms with Gasteiger partial charge in [0.05, 0.1) is 19.3 Å². The van der Waals surface area contributed by atoms with Gasteiger partial charge in [-0.2, -0.15) is 0 Å². The molecular formula is C22H26ClFN3O9P. The molecule has 2 saturated heterocycles. The number of carbonyl (C=O) groups is 1. The van der Waals surface area contributed by atoms with Crippen LogP contribution in [0.1, 0.15) is 38.2 Å². The Morgan fingerprint density at radius 2 is 2.16 bits per heavy atom. The summed E-state index contributed by atoms with van der Waals surface area (Å²) in [6.07, 6.45) is -3.84. The Hall–Kier alpha value is -2.38. The number of nitrogens with one attached hydrogen (secondary N) is 1. The number of halogens is 2. The Bertz CT molecular complexity index is 1320. The van der Waals surface area contributed by atoms with Gasteiger partial charge < -0.3 is 15.2 Å². The second-order valence-electron chi connectivity index (χ2n) is 8.86. The van der Waals surface area contributed by atoms with Gasteiger partial charge in [-0.15, -0.1) is 0 Å². The number of rotatable bonds is 7. The molecular weight excluding hydrogens is 536 g/mol. The first-order chi connectivity index (χ1) is 17.4. The molecule has 0 saturated carbocycles. The summed E-state index contributed by atoms with van der Waals surface area (Å²) in [6.45, 7) is 1.85. The molecule has 2 fully saturated rings. The van der Waals surface area contributed by atoms with Crippen LogP contribution in [-0.4, -0.2) is 52.7 Å². The van der Waals surface area contributed by atoms with Crippen LogP contribution in [0.4, 0.5) is 4.39 Å². The van der Waals surface area contributed by atoms with E-state index in [2.05, 4.69) is 0 Å². The van der Waals surface area contributed by atoms with Crippen LogP contribution in [0, 0.1) is 0 Å². The highest BCUT2D eigenvalue weighted by molar-refractivity contribution is 7.48. The summed E-state index contributed by atoms with van der Waals surface area (Å²) in [5.41, 5.74) is 2.09. The van der Waals surface area contributed by atoms with Crippen molar-refractivity contribution in [1.82, 2.24) is 9.55 Å². The highest BCUT2D eigenvalue weighted by Crippen LogP contribution is 2.57. The normalized spacial score (nSPS) is 32.7. The van der Waals surface area contributed by atoms with Gasteiger partial charge in [0.2, 0.25) is 0 Å². The number of hydrogen-bond donors (Lipinski definition) is 2. The lowest BCUT2D eigenvalue weighted by atomic mass is 9.98. The van der Waals surface area contributed by atoms with E-state index in [0.717, 1.165) is 23.8 Å². The average Bonchev–Trinajstić information content (AvgIpc) is 3.07. The van der Waals surface area contributed by atoms with Crippen molar-refractivity contribution in [1.29, 1.82) is 0 Å². The van der Waals surface area contributed by atoms with Crippen molar-refractivity contribution in [2.75, 3.05) is 13.2 Å². The molecule has 7 atom stereocenters. The number of nitrogens with two attached hydrogens (primary N) is 1. The third kappa shape index (κ3) is 6.04. The molecule has 3 N–H and O–H groups in total. The number of alkyl halides is 1. The van der Waals surface area contributed by atoms with E-state index in [4.69, 9.17) is 40.4 Å². The molecule has 202 valence electrons. The maximum Gasteiger partial charge on any atom is 0.475 e. The third-order valence-corrected chi connectivity index (χ3v) is 7.61. The number of H-pyrrole nitrogens is 1. The van der Waals surface area contributed by atoms with Gasteiger partial charge in [0.15, 0.2) is 18.0 Å². The van der Waals surface area contributed by atoms with Crippen molar-refractivity contribution in [3.63, 3.8) is 0 Å². The van der Waals surface area contributed by atoms with Crippen molar-refractivity contribution < 1.29 is 36.8 Å². The maximum atomic E-state index is 16.1. The minimum Gasteiger partial charge on any atom is -0.455 e. The molecule has 0 radical (unpaired) electrons. The Labute approximate surface area is 215 Å². The molecule has 12 nitrogen and oxygen atoms in total. The third-order valence-electron chi connectivity index (χ3n) is 5.90. The number of hydrogen-bond acceptors (Lipinski definition) is 10. The first kappa shape index (κ1) is 27.6. The van der Waals surface area contributed by atoms with Gasteiger partial charge in [0, 0.05) is 23.7 Å². The highest BCUT2D eigenvalue weighted by Gasteiger charge is 2.59. The topological polar surface area (TPSA) is 161 Å². The zero-order valence-corrected chi connectivity index (χ0v) is 21.5. The maximum absolute atomic E-state index is 16.1. The summed E-state index contributed by atoms with van der Waals surface area (Å²) in [5, 5.41) is 0.465. The van der Waals surface area contributed by atoms with Gasteiger partial charge in [-0.05, 0) is 31.5 Å². The van der Waals surface area contributed by atoms with Crippen LogP contribution in [0.2, 0.25) is 5.02 Å². The predicted octanol–water partition coefficient (Wildman–Crippen LogP) is 2.38. The van der Waals surface area contributed by atoms with Gasteiger partial charge >= 0.3 is 19.5 Å². The van der Waals surface area contributed by atoms with E-state index in [1.165, 1.54) is 6.92 Å². The average molecular weight is 562 g/mol. The van der Waals surface area contributed by atoms with Crippen molar-refractivity contribution >= 4 is 25.4 Å². The number of aromatic nitrogens is 2. The van der Waals surface area contributed by atoms with Crippen LogP contribution in [0.5, 0.6) is 0 Å². The van der Waals surface area contributed by atoms with Crippen LogP contribution in [0.3, 0.4) is 0 Å². The van der Waals surface area contributed by atoms with Crippen LogP contribution < -0.4 is 17.0 Å². The van der Waals surface area contributed by atoms with E-state index < -0.39 is 67.9 Å². The van der Waals surface area contributed by atoms with E-state index in [9.17, 15) is 18.9 Å². The van der Waals surface area contributed by atoms with E-state index >= 15 is 4.39 Å². The largest absolute Gasteiger partial charge is 0.475 e. The first-order valence-corrected chi connectivity index (χ1v) is 13.2. The van der Waals surface area contributed by atoms with E-state index in [0.29, 0.717) is 17.0 Å². The molecule has 15 heteroatoms. The number of ether oxygens (including phenoxy) is 2. The number of nitrogens with zero attached hydrogens (tertiary/aromatic N) is 1. The predicted molar refractivity (Wildman–Crippen MR) is 128 cm³/mol. The Balaban J connectivity index is 1.56. The van der Waals surface area contributed by atoms with E-state index in [1.54, 1.807) is 24.3 Å². The quantitative estimate of drug-likeness (QED) is 0.379. The monoisotopic (exact) mass is 561 g/mol. The summed E-state index contributed by atoms with van der Waals surface area (Å²) in [4.78, 5) is 38.0. The summed E-state index contributed by atoms with van der Waals surface area (Å²) in [6, 6.07) is 6.72. The van der Waals surface area contributed by atoms with Crippen molar-refractivity contribution in [3.05, 3.63) is 68.0 Å². The number of aromatic amines is 1. The summed E-state index contributed by atoms with van der Waals surface area (Å²) >= 11 is 6.04. The zero-order valence-electron chi connectivity index (χ0n) is 19.9. The Kier molecular flexibility index (Phi) is 8.05. The molecule has 1 aromatic carbocycles. The van der Waals surface area contributed by atoms with Gasteiger partial charge in [-0.25, -0.2) is 13.8 Å². The number of benzene rings is 1.